The first-order valence-corrected chi connectivity index (χ1v) is 6.11. The zero-order valence-electron chi connectivity index (χ0n) is 11.0. The Labute approximate surface area is 116 Å². The topological polar surface area (TPSA) is 105 Å². The van der Waals surface area contributed by atoms with Crippen molar-refractivity contribution in [2.45, 2.75) is 25.9 Å². The second kappa shape index (κ2) is 7.74. The lowest BCUT2D eigenvalue weighted by Crippen LogP contribution is -2.14. The minimum absolute atomic E-state index is 0.00632. The molecule has 0 heterocycles. The third-order valence-corrected chi connectivity index (χ3v) is 2.46. The highest BCUT2D eigenvalue weighted by Crippen LogP contribution is 2.22. The first-order chi connectivity index (χ1) is 9.54. The number of nitriles is 1. The molecule has 0 unspecified atom stereocenters. The number of hydrogen-bond donors (Lipinski definition) is 1. The van der Waals surface area contributed by atoms with Gasteiger partial charge in [-0.1, -0.05) is 12.1 Å². The molecule has 0 bridgehead atoms. The van der Waals surface area contributed by atoms with Gasteiger partial charge in [0.15, 0.2) is 6.10 Å². The molecule has 20 heavy (non-hydrogen) atoms. The fourth-order valence-corrected chi connectivity index (χ4v) is 1.52. The smallest absolute Gasteiger partial charge is 0.307 e. The van der Waals surface area contributed by atoms with Gasteiger partial charge in [-0.2, -0.15) is 5.26 Å². The number of carbonyl (C=O) groups excluding carboxylic acids is 1. The van der Waals surface area contributed by atoms with Gasteiger partial charge in [-0.3, -0.25) is 14.9 Å². The third-order valence-electron chi connectivity index (χ3n) is 2.46. The molecule has 1 aromatic carbocycles. The summed E-state index contributed by atoms with van der Waals surface area (Å²) in [5, 5.41) is 22.2. The molecular weight excluding hydrogens is 262 g/mol. The minimum atomic E-state index is -0.759. The Morgan fingerprint density at radius 1 is 1.55 bits per heavy atom. The number of ether oxygens (including phenoxy) is 1. The van der Waals surface area contributed by atoms with Crippen LogP contribution in [0, 0.1) is 21.4 Å². The average molecular weight is 277 g/mol. The number of nitrogens with one attached hydrogen (secondary N) is 1. The summed E-state index contributed by atoms with van der Waals surface area (Å²) >= 11 is 0. The van der Waals surface area contributed by atoms with Gasteiger partial charge in [-0.25, -0.2) is 0 Å². The van der Waals surface area contributed by atoms with Gasteiger partial charge in [0.2, 0.25) is 0 Å². The van der Waals surface area contributed by atoms with E-state index in [0.717, 1.165) is 0 Å². The minimum Gasteiger partial charge on any atom is -0.447 e. The molecule has 1 aromatic rings. The summed E-state index contributed by atoms with van der Waals surface area (Å²) in [5.41, 5.74) is 0.407. The maximum Gasteiger partial charge on any atom is 0.307 e. The molecule has 0 radical (unpaired) electrons. The van der Waals surface area contributed by atoms with Crippen LogP contribution in [-0.4, -0.2) is 23.5 Å². The predicted octanol–water partition coefficient (Wildman–Crippen LogP) is 2.24. The predicted molar refractivity (Wildman–Crippen MR) is 72.0 cm³/mol. The fraction of sp³-hybridized carbons (Fsp3) is 0.385. The van der Waals surface area contributed by atoms with Crippen molar-refractivity contribution in [2.24, 2.45) is 0 Å². The zero-order valence-corrected chi connectivity index (χ0v) is 11.0. The third kappa shape index (κ3) is 4.94. The molecule has 0 saturated carbocycles. The second-order valence-electron chi connectivity index (χ2n) is 4.07. The number of rotatable bonds is 7. The van der Waals surface area contributed by atoms with E-state index in [9.17, 15) is 14.9 Å². The van der Waals surface area contributed by atoms with Crippen molar-refractivity contribution >= 4 is 17.3 Å². The number of carbonyl (C=O) groups is 1. The lowest BCUT2D eigenvalue weighted by molar-refractivity contribution is -0.384. The normalized spacial score (nSPS) is 11.2. The number of anilines is 1. The Bertz CT molecular complexity index is 525. The molecule has 0 aliphatic carbocycles. The summed E-state index contributed by atoms with van der Waals surface area (Å²) in [4.78, 5) is 21.6. The highest BCUT2D eigenvalue weighted by atomic mass is 16.6. The summed E-state index contributed by atoms with van der Waals surface area (Å²) in [6.45, 7) is 1.89. The van der Waals surface area contributed by atoms with Crippen molar-refractivity contribution in [1.82, 2.24) is 0 Å². The van der Waals surface area contributed by atoms with E-state index in [1.54, 1.807) is 24.3 Å². The molecule has 0 aliphatic rings. The molecule has 1 atom stereocenters. The Kier molecular flexibility index (Phi) is 5.97. The molecular formula is C13H15N3O4. The largest absolute Gasteiger partial charge is 0.447 e. The lowest BCUT2D eigenvalue weighted by atomic mass is 10.2. The van der Waals surface area contributed by atoms with Crippen LogP contribution < -0.4 is 5.32 Å². The van der Waals surface area contributed by atoms with Crippen molar-refractivity contribution in [1.29, 1.82) is 5.26 Å². The van der Waals surface area contributed by atoms with Crippen LogP contribution in [0.5, 0.6) is 0 Å². The molecule has 106 valence electrons. The molecule has 0 fully saturated rings. The second-order valence-corrected chi connectivity index (χ2v) is 4.07. The van der Waals surface area contributed by atoms with Crippen LogP contribution in [0.25, 0.3) is 0 Å². The van der Waals surface area contributed by atoms with Crippen LogP contribution in [0.2, 0.25) is 0 Å². The standard InChI is InChI=1S/C13H15N3O4/c1-10(9-14)20-13(17)7-4-8-15-11-5-2-3-6-12(11)16(18)19/h2-3,5-6,10,15H,4,7-8H2,1H3/t10-/m0/s1. The van der Waals surface area contributed by atoms with Crippen molar-refractivity contribution < 1.29 is 14.5 Å². The number of nitro groups is 1. The van der Waals surface area contributed by atoms with E-state index in [1.165, 1.54) is 13.0 Å². The first kappa shape index (κ1) is 15.4. The summed E-state index contributed by atoms with van der Waals surface area (Å²) in [5.74, 6) is -0.455. The SMILES string of the molecule is C[C@@H](C#N)OC(=O)CCCNc1ccccc1[N+](=O)[O-]. The van der Waals surface area contributed by atoms with E-state index < -0.39 is 17.0 Å². The van der Waals surface area contributed by atoms with E-state index in [-0.39, 0.29) is 12.1 Å². The van der Waals surface area contributed by atoms with E-state index in [0.29, 0.717) is 18.7 Å². The van der Waals surface area contributed by atoms with Crippen molar-refractivity contribution in [3.63, 3.8) is 0 Å². The van der Waals surface area contributed by atoms with Crippen LogP contribution >= 0.6 is 0 Å². The van der Waals surface area contributed by atoms with Gasteiger partial charge in [-0.05, 0) is 19.4 Å². The molecule has 7 nitrogen and oxygen atoms in total. The van der Waals surface area contributed by atoms with Crippen molar-refractivity contribution in [3.8, 4) is 6.07 Å². The first-order valence-electron chi connectivity index (χ1n) is 6.11. The van der Waals surface area contributed by atoms with E-state index in [4.69, 9.17) is 10.00 Å². The monoisotopic (exact) mass is 277 g/mol. The summed E-state index contributed by atoms with van der Waals surface area (Å²) in [6.07, 6.45) is -0.145. The zero-order chi connectivity index (χ0) is 15.0. The quantitative estimate of drug-likeness (QED) is 0.354. The van der Waals surface area contributed by atoms with Crippen LogP contribution in [0.1, 0.15) is 19.8 Å². The van der Waals surface area contributed by atoms with Gasteiger partial charge in [0.25, 0.3) is 5.69 Å². The van der Waals surface area contributed by atoms with Gasteiger partial charge < -0.3 is 10.1 Å². The fourth-order valence-electron chi connectivity index (χ4n) is 1.52. The maximum atomic E-state index is 11.3. The van der Waals surface area contributed by atoms with Crippen molar-refractivity contribution in [3.05, 3.63) is 34.4 Å². The molecule has 7 heteroatoms. The lowest BCUT2D eigenvalue weighted by Gasteiger charge is -2.08. The van der Waals surface area contributed by atoms with Gasteiger partial charge in [0, 0.05) is 19.0 Å². The van der Waals surface area contributed by atoms with E-state index in [1.807, 2.05) is 0 Å². The van der Waals surface area contributed by atoms with E-state index in [2.05, 4.69) is 5.32 Å². The molecule has 1 N–H and O–H groups in total. The number of esters is 1. The molecule has 0 spiro atoms. The number of nitrogens with zero attached hydrogens (tertiary/aromatic N) is 2. The van der Waals surface area contributed by atoms with Crippen LogP contribution in [-0.2, 0) is 9.53 Å². The van der Waals surface area contributed by atoms with Gasteiger partial charge in [0.05, 0.1) is 4.92 Å². The van der Waals surface area contributed by atoms with Gasteiger partial charge in [-0.15, -0.1) is 0 Å². The molecule has 0 amide bonds. The number of para-hydroxylation sites is 2. The van der Waals surface area contributed by atoms with E-state index >= 15 is 0 Å². The van der Waals surface area contributed by atoms with Crippen molar-refractivity contribution in [2.75, 3.05) is 11.9 Å². The average Bonchev–Trinajstić information content (AvgIpc) is 2.43. The van der Waals surface area contributed by atoms with Gasteiger partial charge in [0.1, 0.15) is 11.8 Å². The highest BCUT2D eigenvalue weighted by Gasteiger charge is 2.12. The Hall–Kier alpha value is -2.62. The maximum absolute atomic E-state index is 11.3. The van der Waals surface area contributed by atoms with Crippen LogP contribution in [0.15, 0.2) is 24.3 Å². The number of benzene rings is 1. The van der Waals surface area contributed by atoms with Crippen LogP contribution in [0.4, 0.5) is 11.4 Å². The highest BCUT2D eigenvalue weighted by molar-refractivity contribution is 5.69. The molecule has 0 aliphatic heterocycles. The molecule has 0 saturated heterocycles. The Morgan fingerprint density at radius 2 is 2.25 bits per heavy atom. The number of nitro benzene ring substituents is 1. The Morgan fingerprint density at radius 3 is 2.90 bits per heavy atom. The summed E-state index contributed by atoms with van der Waals surface area (Å²) in [7, 11) is 0. The number of hydrogen-bond acceptors (Lipinski definition) is 6. The van der Waals surface area contributed by atoms with Crippen LogP contribution in [0.3, 0.4) is 0 Å². The summed E-state index contributed by atoms with van der Waals surface area (Å²) in [6, 6.07) is 8.09. The molecule has 0 aromatic heterocycles. The Balaban J connectivity index is 2.37. The summed E-state index contributed by atoms with van der Waals surface area (Å²) < 4.78 is 4.78. The molecule has 1 rings (SSSR count). The van der Waals surface area contributed by atoms with Gasteiger partial charge >= 0.3 is 5.97 Å².